The van der Waals surface area contributed by atoms with E-state index in [1.54, 1.807) is 21.6 Å². The van der Waals surface area contributed by atoms with Crippen LogP contribution in [0, 0.1) is 93.7 Å². The van der Waals surface area contributed by atoms with Gasteiger partial charge in [-0.15, -0.1) is 0 Å². The van der Waals surface area contributed by atoms with Crippen LogP contribution in [0.2, 0.25) is 0 Å². The van der Waals surface area contributed by atoms with E-state index in [1.165, 1.54) is 42.4 Å². The van der Waals surface area contributed by atoms with Crippen LogP contribution in [0.25, 0.3) is 0 Å². The second kappa shape index (κ2) is 24.8. The van der Waals surface area contributed by atoms with Crippen LogP contribution < -0.4 is 15.8 Å². The predicted molar refractivity (Wildman–Crippen MR) is 357 cm³/mol. The molecule has 90 heavy (non-hydrogen) atoms. The minimum absolute atomic E-state index is 0.00594. The number of ether oxygens (including phenoxy) is 1. The molecule has 3 fully saturated rings. The lowest BCUT2D eigenvalue weighted by Gasteiger charge is -2.69. The van der Waals surface area contributed by atoms with Crippen molar-refractivity contribution < 1.29 is 40.5 Å². The van der Waals surface area contributed by atoms with Gasteiger partial charge in [-0.3, -0.25) is 0 Å². The molecule has 474 valence electrons. The zero-order valence-corrected chi connectivity index (χ0v) is 53.4. The van der Waals surface area contributed by atoms with Crippen LogP contribution in [0.5, 0.6) is 11.5 Å². The summed E-state index contributed by atoms with van der Waals surface area (Å²) in [5.41, 5.74) is 15.7. The maximum absolute atomic E-state index is 13.1. The second-order valence-corrected chi connectivity index (χ2v) is 31.4. The Hall–Kier alpha value is -5.40. The third-order valence-electron chi connectivity index (χ3n) is 24.9. The number of nitrogens with two attached hydrogens (primary N) is 1. The second-order valence-electron chi connectivity index (χ2n) is 28.9. The van der Waals surface area contributed by atoms with Crippen molar-refractivity contribution >= 4 is 21.6 Å². The number of dihydropyridines is 1. The molecule has 1 saturated heterocycles. The summed E-state index contributed by atoms with van der Waals surface area (Å²) in [7, 11) is 3.26. The number of allylic oxidation sites excluding steroid dienone is 8. The number of H-pyrrole nitrogens is 1. The number of hydrogen-bond donors (Lipinski definition) is 10. The smallest absolute Gasteiger partial charge is 0.161 e. The lowest BCUT2D eigenvalue weighted by Crippen LogP contribution is -2.66. The Morgan fingerprint density at radius 3 is 2.38 bits per heavy atom. The number of aliphatic hydroxyl groups is 6. The highest BCUT2D eigenvalue weighted by atomic mass is 33.1. The fourth-order valence-corrected chi connectivity index (χ4v) is 23.4. The SMILES string of the molecule is CCC1Cc2cc(O)c(OC3CC(Cc4ccc[nH]4)C4=CCNC(N)=C4CSSCC(CO)C3O)cc2C2CC(O)C3C(C#CC45CC(c6ccccc6)C6C7C=CC(c8ccccc87)C7C8CCCCC8C=CC7C6(C=CC4C(O)CCC3O)C5CO)C=C12. The van der Waals surface area contributed by atoms with E-state index in [1.807, 2.05) is 24.4 Å². The minimum atomic E-state index is -1.09. The Balaban J connectivity index is 0.852. The van der Waals surface area contributed by atoms with Gasteiger partial charge in [-0.25, -0.2) is 0 Å². The molecule has 1 aromatic heterocycles. The fraction of sp³-hybridized carbons (Fsp3) is 0.532. The number of phenolic OH excluding ortho intramolecular Hbond substituents is 1. The third kappa shape index (κ3) is 10.2. The zero-order valence-electron chi connectivity index (χ0n) is 51.8. The summed E-state index contributed by atoms with van der Waals surface area (Å²) in [6, 6.07) is 28.2. The summed E-state index contributed by atoms with van der Waals surface area (Å²) in [5, 5.41) is 90.5. The first kappa shape index (κ1) is 60.8. The Kier molecular flexibility index (Phi) is 16.8. The van der Waals surface area contributed by atoms with Crippen LogP contribution in [0.15, 0.2) is 156 Å². The highest BCUT2D eigenvalue weighted by Crippen LogP contribution is 2.75. The fourth-order valence-electron chi connectivity index (χ4n) is 20.9. The average Bonchev–Trinajstić information content (AvgIpc) is 0.717. The van der Waals surface area contributed by atoms with Crippen LogP contribution in [0.3, 0.4) is 0 Å². The predicted octanol–water partition coefficient (Wildman–Crippen LogP) is 11.5. The molecule has 0 radical (unpaired) electrons. The number of aliphatic hydroxyl groups excluding tert-OH is 6. The third-order valence-corrected chi connectivity index (χ3v) is 27.3. The van der Waals surface area contributed by atoms with E-state index in [0.29, 0.717) is 80.2 Å². The molecule has 4 bridgehead atoms. The highest BCUT2D eigenvalue weighted by molar-refractivity contribution is 8.76. The van der Waals surface area contributed by atoms with Crippen molar-refractivity contribution in [2.24, 2.45) is 87.6 Å². The highest BCUT2D eigenvalue weighted by Gasteiger charge is 2.70. The van der Waals surface area contributed by atoms with Gasteiger partial charge in [0.15, 0.2) is 11.5 Å². The normalized spacial score (nSPS) is 40.7. The first-order chi connectivity index (χ1) is 43.9. The standard InChI is InChI=1S/C77H91N3O8S2/c1-2-43-31-47-34-66(85)68(88-69-35-48(32-50-14-10-29-79-50)51-26-30-80-75(78)61(51)42-90-89-41-49(39-81)74(69)87)37-58(47)59-36-67(86)71-46(33-57(43)59)24-27-76-38-60(44-11-4-3-5-12-44)73-56-20-19-55(53-16-8-9-17-54(53)56)72-52-15-7-6-13-45(52)18-21-63(72)77(73,70(76)40-82)28-25-62(76)64(83)22-23-65(71)84/h3-5,8-12,14,16-21,25-26,28-29,33-34,37,43,45-46,48-49,52,55-56,59-60,62-65,67,69-74,79-87H,2,6-7,13,15,22-23,30-32,35-36,38-42,78H2,1H3. The van der Waals surface area contributed by atoms with Gasteiger partial charge >= 0.3 is 0 Å². The summed E-state index contributed by atoms with van der Waals surface area (Å²) >= 11 is 0. The number of aromatic nitrogens is 1. The summed E-state index contributed by atoms with van der Waals surface area (Å²) in [5.74, 6) is 8.96. The monoisotopic (exact) mass is 1250 g/mol. The van der Waals surface area contributed by atoms with E-state index in [0.717, 1.165) is 40.0 Å². The quantitative estimate of drug-likeness (QED) is 0.0455. The number of fused-ring (bicyclic) bond motifs is 10. The van der Waals surface area contributed by atoms with E-state index in [9.17, 15) is 35.7 Å². The van der Waals surface area contributed by atoms with E-state index in [-0.39, 0.29) is 84.4 Å². The van der Waals surface area contributed by atoms with E-state index >= 15 is 0 Å². The molecule has 23 unspecified atom stereocenters. The molecular formula is C77H91N3O8S2. The summed E-state index contributed by atoms with van der Waals surface area (Å²) < 4.78 is 7.06. The minimum Gasteiger partial charge on any atom is -0.504 e. The van der Waals surface area contributed by atoms with E-state index < -0.39 is 65.0 Å². The molecule has 23 atom stereocenters. The average molecular weight is 1250 g/mol. The molecule has 4 aromatic rings. The maximum atomic E-state index is 13.1. The molecule has 3 heterocycles. The molecule has 3 aromatic carbocycles. The molecule has 9 aliphatic carbocycles. The molecule has 0 amide bonds. The van der Waals surface area contributed by atoms with Gasteiger partial charge < -0.3 is 56.5 Å². The summed E-state index contributed by atoms with van der Waals surface area (Å²) in [6.07, 6.45) is 25.7. The lowest BCUT2D eigenvalue weighted by molar-refractivity contribution is -0.149. The van der Waals surface area contributed by atoms with Gasteiger partial charge in [-0.05, 0) is 169 Å². The zero-order chi connectivity index (χ0) is 61.6. The number of hydrogen-bond acceptors (Lipinski definition) is 12. The first-order valence-electron chi connectivity index (χ1n) is 34.1. The number of phenols is 1. The van der Waals surface area contributed by atoms with Gasteiger partial charge in [-0.1, -0.05) is 162 Å². The maximum Gasteiger partial charge on any atom is 0.161 e. The van der Waals surface area contributed by atoms with Gasteiger partial charge in [0, 0.05) is 107 Å². The van der Waals surface area contributed by atoms with Gasteiger partial charge in [0.05, 0.1) is 24.4 Å². The van der Waals surface area contributed by atoms with Crippen molar-refractivity contribution in [2.75, 3.05) is 31.3 Å². The molecule has 2 saturated carbocycles. The number of benzene rings is 3. The van der Waals surface area contributed by atoms with Crippen LogP contribution >= 0.6 is 21.6 Å². The molecular weight excluding hydrogens is 1160 g/mol. The molecule has 11 nitrogen and oxygen atoms in total. The first-order valence-corrected chi connectivity index (χ1v) is 36.6. The number of rotatable bonds is 8. The number of nitrogens with one attached hydrogen (secondary N) is 2. The molecule has 11 aliphatic rings. The molecule has 11 N–H and O–H groups in total. The Morgan fingerprint density at radius 2 is 1.58 bits per heavy atom. The van der Waals surface area contributed by atoms with Crippen molar-refractivity contribution in [2.45, 2.75) is 138 Å². The number of aromatic amines is 1. The van der Waals surface area contributed by atoms with Crippen molar-refractivity contribution in [1.29, 1.82) is 0 Å². The van der Waals surface area contributed by atoms with Crippen molar-refractivity contribution in [3.63, 3.8) is 0 Å². The Labute approximate surface area is 539 Å². The van der Waals surface area contributed by atoms with Crippen molar-refractivity contribution in [1.82, 2.24) is 10.3 Å². The number of aromatic hydroxyl groups is 1. The van der Waals surface area contributed by atoms with Gasteiger partial charge in [0.25, 0.3) is 0 Å². The Bertz CT molecular complexity index is 3570. The summed E-state index contributed by atoms with van der Waals surface area (Å²) in [6.45, 7) is 2.44. The largest absolute Gasteiger partial charge is 0.504 e. The Morgan fingerprint density at radius 1 is 0.778 bits per heavy atom. The van der Waals surface area contributed by atoms with Crippen LogP contribution in [0.4, 0.5) is 0 Å². The van der Waals surface area contributed by atoms with E-state index in [4.69, 9.17) is 10.5 Å². The van der Waals surface area contributed by atoms with Gasteiger partial charge in [-0.2, -0.15) is 0 Å². The molecule has 2 aliphatic heterocycles. The topological polar surface area (TPSA) is 205 Å². The van der Waals surface area contributed by atoms with Crippen molar-refractivity contribution in [3.8, 4) is 23.3 Å². The molecule has 13 heteroatoms. The molecule has 15 rings (SSSR count). The van der Waals surface area contributed by atoms with Gasteiger partial charge in [0.1, 0.15) is 11.9 Å². The van der Waals surface area contributed by atoms with Crippen LogP contribution in [-0.2, 0) is 12.8 Å². The van der Waals surface area contributed by atoms with Crippen molar-refractivity contribution in [3.05, 3.63) is 190 Å². The van der Waals surface area contributed by atoms with Gasteiger partial charge in [0.2, 0.25) is 0 Å². The van der Waals surface area contributed by atoms with E-state index in [2.05, 4.69) is 138 Å². The lowest BCUT2D eigenvalue weighted by atomic mass is 9.34. The summed E-state index contributed by atoms with van der Waals surface area (Å²) in [4.78, 5) is 3.40. The molecule has 2 spiro atoms. The van der Waals surface area contributed by atoms with Crippen LogP contribution in [0.1, 0.15) is 128 Å². The van der Waals surface area contributed by atoms with Crippen LogP contribution in [-0.4, -0.2) is 103 Å².